The third-order valence-electron chi connectivity index (χ3n) is 5.24. The molecule has 0 aromatic carbocycles. The van der Waals surface area contributed by atoms with E-state index in [4.69, 9.17) is 4.74 Å². The zero-order chi connectivity index (χ0) is 22.2. The molecule has 12 heteroatoms. The Bertz CT molecular complexity index is 1260. The van der Waals surface area contributed by atoms with Gasteiger partial charge in [-0.3, -0.25) is 0 Å². The van der Waals surface area contributed by atoms with E-state index in [1.54, 1.807) is 35.0 Å². The number of imidazole rings is 1. The van der Waals surface area contributed by atoms with Gasteiger partial charge in [-0.2, -0.15) is 19.0 Å². The molecule has 5 heterocycles. The smallest absolute Gasteiger partial charge is 0.333 e. The molecule has 1 fully saturated rings. The van der Waals surface area contributed by atoms with Crippen LogP contribution in [0, 0.1) is 0 Å². The molecule has 5 rings (SSSR count). The molecular formula is C20H19F3N8O. The summed E-state index contributed by atoms with van der Waals surface area (Å²) in [5.41, 5.74) is 2.34. The molecule has 9 nitrogen and oxygen atoms in total. The maximum absolute atomic E-state index is 13.9. The van der Waals surface area contributed by atoms with E-state index >= 15 is 0 Å². The first kappa shape index (κ1) is 20.2. The van der Waals surface area contributed by atoms with E-state index in [0.29, 0.717) is 57.6 Å². The van der Waals surface area contributed by atoms with E-state index in [1.165, 1.54) is 19.5 Å². The summed E-state index contributed by atoms with van der Waals surface area (Å²) in [6.45, 7) is -1.94. The number of methoxy groups -OCH3 is 1. The second-order valence-corrected chi connectivity index (χ2v) is 7.29. The standard InChI is InChI=1S/C20H19F3N8O/c1-32-16-5-18-25-9-15(31(18)29-19(16)11-6-26-30(10-11)20(22)23)13-3-2-4-17(27-13)28-14-8-24-7-12(14)21/h2-6,9-10,12,14,20,24H,7-8H2,1H3,(H,27,28)/t12-,14-/m0/s1. The summed E-state index contributed by atoms with van der Waals surface area (Å²) in [5, 5.41) is 14.3. The van der Waals surface area contributed by atoms with Gasteiger partial charge in [0.15, 0.2) is 11.4 Å². The van der Waals surface area contributed by atoms with Crippen LogP contribution < -0.4 is 15.4 Å². The summed E-state index contributed by atoms with van der Waals surface area (Å²) in [5.74, 6) is 0.898. The number of pyridine rings is 1. The van der Waals surface area contributed by atoms with Gasteiger partial charge in [0.2, 0.25) is 0 Å². The third-order valence-corrected chi connectivity index (χ3v) is 5.24. The average Bonchev–Trinajstić information content (AvgIpc) is 3.53. The number of nitrogens with one attached hydrogen (secondary N) is 2. The van der Waals surface area contributed by atoms with Crippen molar-refractivity contribution in [1.82, 2.24) is 34.7 Å². The number of ether oxygens (including phenoxy) is 1. The maximum Gasteiger partial charge on any atom is 0.333 e. The molecule has 0 unspecified atom stereocenters. The molecule has 0 bridgehead atoms. The Balaban J connectivity index is 1.54. The van der Waals surface area contributed by atoms with Gasteiger partial charge in [0.05, 0.1) is 31.2 Å². The van der Waals surface area contributed by atoms with Crippen molar-refractivity contribution >= 4 is 11.5 Å². The molecule has 0 radical (unpaired) electrons. The Hall–Kier alpha value is -3.67. The minimum absolute atomic E-state index is 0.307. The van der Waals surface area contributed by atoms with Crippen molar-refractivity contribution in [2.75, 3.05) is 25.5 Å². The van der Waals surface area contributed by atoms with Crippen molar-refractivity contribution in [3.63, 3.8) is 0 Å². The van der Waals surface area contributed by atoms with Crippen molar-refractivity contribution < 1.29 is 17.9 Å². The second-order valence-electron chi connectivity index (χ2n) is 7.29. The fourth-order valence-electron chi connectivity index (χ4n) is 3.63. The van der Waals surface area contributed by atoms with E-state index in [0.717, 1.165) is 0 Å². The van der Waals surface area contributed by atoms with Gasteiger partial charge in [-0.25, -0.2) is 23.6 Å². The van der Waals surface area contributed by atoms with Gasteiger partial charge in [0, 0.05) is 30.9 Å². The summed E-state index contributed by atoms with van der Waals surface area (Å²) >= 11 is 0. The van der Waals surface area contributed by atoms with Gasteiger partial charge >= 0.3 is 6.55 Å². The maximum atomic E-state index is 13.9. The highest BCUT2D eigenvalue weighted by atomic mass is 19.3. The van der Waals surface area contributed by atoms with Gasteiger partial charge in [-0.15, -0.1) is 0 Å². The van der Waals surface area contributed by atoms with Crippen molar-refractivity contribution in [2.24, 2.45) is 0 Å². The topological polar surface area (TPSA) is 94.2 Å². The number of aromatic nitrogens is 6. The lowest BCUT2D eigenvalue weighted by molar-refractivity contribution is 0.0566. The number of hydrogen-bond acceptors (Lipinski definition) is 7. The van der Waals surface area contributed by atoms with E-state index in [2.05, 4.69) is 30.8 Å². The zero-order valence-electron chi connectivity index (χ0n) is 16.9. The first-order valence-corrected chi connectivity index (χ1v) is 9.87. The molecule has 1 aliphatic heterocycles. The summed E-state index contributed by atoms with van der Waals surface area (Å²) < 4.78 is 47.4. The van der Waals surface area contributed by atoms with Crippen LogP contribution in [0.5, 0.6) is 5.75 Å². The first-order chi connectivity index (χ1) is 15.5. The SMILES string of the molecule is COc1cc2ncc(-c3cccc(N[C@H]4CNC[C@@H]4F)n3)n2nc1-c1cnn(C(F)F)c1. The average molecular weight is 444 g/mol. The minimum Gasteiger partial charge on any atom is -0.494 e. The molecular weight excluding hydrogens is 425 g/mol. The minimum atomic E-state index is -2.76. The number of alkyl halides is 3. The van der Waals surface area contributed by atoms with Gasteiger partial charge in [0.1, 0.15) is 23.4 Å². The summed E-state index contributed by atoms with van der Waals surface area (Å²) in [6.07, 6.45) is 3.10. The number of fused-ring (bicyclic) bond motifs is 1. The van der Waals surface area contributed by atoms with Crippen LogP contribution in [0.4, 0.5) is 19.0 Å². The van der Waals surface area contributed by atoms with E-state index < -0.39 is 12.7 Å². The molecule has 2 atom stereocenters. The second kappa shape index (κ2) is 8.11. The predicted molar refractivity (Wildman–Crippen MR) is 110 cm³/mol. The molecule has 2 N–H and O–H groups in total. The van der Waals surface area contributed by atoms with Crippen molar-refractivity contribution in [1.29, 1.82) is 0 Å². The number of nitrogens with zero attached hydrogens (tertiary/aromatic N) is 6. The fourth-order valence-corrected chi connectivity index (χ4v) is 3.63. The van der Waals surface area contributed by atoms with Crippen molar-refractivity contribution in [3.8, 4) is 28.4 Å². The van der Waals surface area contributed by atoms with Crippen molar-refractivity contribution in [3.05, 3.63) is 42.9 Å². The molecule has 166 valence electrons. The van der Waals surface area contributed by atoms with Crippen LogP contribution in [-0.4, -0.2) is 61.8 Å². The Kier molecular flexibility index (Phi) is 5.13. The van der Waals surface area contributed by atoms with Crippen LogP contribution in [0.1, 0.15) is 6.55 Å². The Morgan fingerprint density at radius 1 is 1.25 bits per heavy atom. The highest BCUT2D eigenvalue weighted by molar-refractivity contribution is 5.69. The number of anilines is 1. The summed E-state index contributed by atoms with van der Waals surface area (Å²) in [6, 6.07) is 6.65. The molecule has 0 saturated carbocycles. The zero-order valence-corrected chi connectivity index (χ0v) is 16.9. The Morgan fingerprint density at radius 3 is 2.84 bits per heavy atom. The van der Waals surface area contributed by atoms with Crippen molar-refractivity contribution in [2.45, 2.75) is 18.8 Å². The normalized spacial score (nSPS) is 18.5. The largest absolute Gasteiger partial charge is 0.494 e. The Morgan fingerprint density at radius 2 is 2.12 bits per heavy atom. The number of halogens is 3. The van der Waals surface area contributed by atoms with E-state index in [9.17, 15) is 13.2 Å². The predicted octanol–water partition coefficient (Wildman–Crippen LogP) is 2.78. The van der Waals surface area contributed by atoms with Crippen LogP contribution in [0.3, 0.4) is 0 Å². The lowest BCUT2D eigenvalue weighted by Gasteiger charge is -2.15. The summed E-state index contributed by atoms with van der Waals surface area (Å²) in [4.78, 5) is 8.95. The third kappa shape index (κ3) is 3.62. The highest BCUT2D eigenvalue weighted by Gasteiger charge is 2.27. The van der Waals surface area contributed by atoms with Crippen LogP contribution in [0.2, 0.25) is 0 Å². The molecule has 0 amide bonds. The lowest BCUT2D eigenvalue weighted by Crippen LogP contribution is -2.29. The van der Waals surface area contributed by atoms with Gasteiger partial charge in [-0.1, -0.05) is 6.07 Å². The monoisotopic (exact) mass is 444 g/mol. The first-order valence-electron chi connectivity index (χ1n) is 9.87. The molecule has 4 aromatic heterocycles. The van der Waals surface area contributed by atoms with Crippen LogP contribution in [-0.2, 0) is 0 Å². The quantitative estimate of drug-likeness (QED) is 0.472. The van der Waals surface area contributed by atoms with Gasteiger partial charge in [0.25, 0.3) is 0 Å². The van der Waals surface area contributed by atoms with Crippen LogP contribution in [0.25, 0.3) is 28.3 Å². The van der Waals surface area contributed by atoms with Gasteiger partial charge in [-0.05, 0) is 12.1 Å². The number of hydrogen-bond donors (Lipinski definition) is 2. The molecule has 32 heavy (non-hydrogen) atoms. The molecule has 0 spiro atoms. The lowest BCUT2D eigenvalue weighted by atomic mass is 10.2. The van der Waals surface area contributed by atoms with E-state index in [-0.39, 0.29) is 6.04 Å². The fraction of sp³-hybridized carbons (Fsp3) is 0.300. The summed E-state index contributed by atoms with van der Waals surface area (Å²) in [7, 11) is 1.46. The highest BCUT2D eigenvalue weighted by Crippen LogP contribution is 2.31. The molecule has 1 aliphatic rings. The van der Waals surface area contributed by atoms with Crippen LogP contribution in [0.15, 0.2) is 42.9 Å². The van der Waals surface area contributed by atoms with Gasteiger partial charge < -0.3 is 15.4 Å². The molecule has 0 aliphatic carbocycles. The van der Waals surface area contributed by atoms with Crippen LogP contribution >= 0.6 is 0 Å². The molecule has 4 aromatic rings. The van der Waals surface area contributed by atoms with E-state index in [1.807, 2.05) is 0 Å². The number of rotatable bonds is 6. The Labute approximate surface area is 180 Å². The molecule has 1 saturated heterocycles.